The fraction of sp³-hybridized carbons (Fsp3) is 0.923. The Morgan fingerprint density at radius 1 is 0.895 bits per heavy atom. The largest absolute Gasteiger partial charge is 0.772 e. The summed E-state index contributed by atoms with van der Waals surface area (Å²) < 4.78 is 32.7. The molecule has 1 atom stereocenters. The molecule has 0 aromatic heterocycles. The van der Waals surface area contributed by atoms with E-state index in [1.165, 1.54) is 0 Å². The molecule has 110 valence electrons. The van der Waals surface area contributed by atoms with Crippen molar-refractivity contribution in [3.05, 3.63) is 0 Å². The lowest BCUT2D eigenvalue weighted by Gasteiger charge is -2.34. The molecule has 0 heterocycles. The fourth-order valence-corrected chi connectivity index (χ4v) is 3.67. The average molecular weight is 289 g/mol. The Labute approximate surface area is 116 Å². The smallest absolute Gasteiger partial charge is 0.293 e. The van der Waals surface area contributed by atoms with Crippen LogP contribution in [0.5, 0.6) is 0 Å². The Morgan fingerprint density at radius 3 is 1.84 bits per heavy atom. The van der Waals surface area contributed by atoms with Crippen LogP contribution in [0, 0.1) is 0 Å². The van der Waals surface area contributed by atoms with E-state index in [9.17, 15) is 13.6 Å². The van der Waals surface area contributed by atoms with Crippen molar-refractivity contribution < 1.29 is 23.0 Å². The second-order valence-electron chi connectivity index (χ2n) is 5.43. The van der Waals surface area contributed by atoms with E-state index in [1.807, 2.05) is 0 Å². The van der Waals surface area contributed by atoms with Gasteiger partial charge < -0.3 is 14.0 Å². The van der Waals surface area contributed by atoms with Crippen LogP contribution in [0.15, 0.2) is 0 Å². The molecule has 1 unspecified atom stereocenters. The number of ether oxygens (including phenoxy) is 2. The quantitative estimate of drug-likeness (QED) is 0.568. The Balaban J connectivity index is 1.66. The summed E-state index contributed by atoms with van der Waals surface area (Å²) in [5, 5.41) is -0.184. The van der Waals surface area contributed by atoms with Crippen molar-refractivity contribution in [2.45, 2.75) is 74.9 Å². The first-order chi connectivity index (χ1) is 9.19. The van der Waals surface area contributed by atoms with Crippen LogP contribution in [0.1, 0.15) is 51.4 Å². The summed E-state index contributed by atoms with van der Waals surface area (Å²) in [6, 6.07) is 0. The highest BCUT2D eigenvalue weighted by Gasteiger charge is 2.28. The zero-order valence-electron chi connectivity index (χ0n) is 11.0. The normalized spacial score (nSPS) is 37.5. The van der Waals surface area contributed by atoms with Crippen LogP contribution in [0.4, 0.5) is 0 Å². The summed E-state index contributed by atoms with van der Waals surface area (Å²) in [4.78, 5) is 10.3. The molecule has 2 fully saturated rings. The van der Waals surface area contributed by atoms with Crippen LogP contribution in [0.2, 0.25) is 0 Å². The van der Waals surface area contributed by atoms with E-state index in [2.05, 4.69) is 0 Å². The number of rotatable bonds is 5. The maximum absolute atomic E-state index is 10.9. The summed E-state index contributed by atoms with van der Waals surface area (Å²) in [5.41, 5.74) is 0. The Hall–Kier alpha value is -0.460. The van der Waals surface area contributed by atoms with Crippen molar-refractivity contribution in [3.63, 3.8) is 0 Å². The molecule has 0 amide bonds. The fourth-order valence-electron chi connectivity index (χ4n) is 3.02. The van der Waals surface area contributed by atoms with E-state index >= 15 is 0 Å². The van der Waals surface area contributed by atoms with Gasteiger partial charge in [-0.15, -0.1) is 0 Å². The van der Waals surface area contributed by atoms with Gasteiger partial charge in [-0.3, -0.25) is 9.00 Å². The third-order valence-corrected chi connectivity index (χ3v) is 5.16. The van der Waals surface area contributed by atoms with Gasteiger partial charge in [0.25, 0.3) is 6.47 Å². The Morgan fingerprint density at radius 2 is 1.37 bits per heavy atom. The van der Waals surface area contributed by atoms with E-state index in [1.54, 1.807) is 0 Å². The minimum atomic E-state index is -1.94. The molecule has 0 saturated heterocycles. The molecule has 2 aliphatic rings. The molecule has 0 radical (unpaired) electrons. The lowest BCUT2D eigenvalue weighted by Crippen LogP contribution is -2.33. The highest BCUT2D eigenvalue weighted by atomic mass is 32.2. The van der Waals surface area contributed by atoms with Crippen molar-refractivity contribution in [2.24, 2.45) is 0 Å². The van der Waals surface area contributed by atoms with Crippen LogP contribution in [0.25, 0.3) is 0 Å². The summed E-state index contributed by atoms with van der Waals surface area (Å²) in [7, 11) is 0. The zero-order valence-corrected chi connectivity index (χ0v) is 11.8. The molecule has 0 aromatic rings. The monoisotopic (exact) mass is 289 g/mol. The van der Waals surface area contributed by atoms with E-state index in [0.29, 0.717) is 19.3 Å². The Kier molecular flexibility index (Phi) is 5.78. The van der Waals surface area contributed by atoms with Gasteiger partial charge in [0.1, 0.15) is 6.10 Å². The number of carbonyl (C=O) groups is 1. The van der Waals surface area contributed by atoms with Gasteiger partial charge in [0.15, 0.2) is 0 Å². The molecule has 0 aliphatic heterocycles. The minimum Gasteiger partial charge on any atom is -0.772 e. The maximum Gasteiger partial charge on any atom is 0.293 e. The highest BCUT2D eigenvalue weighted by Crippen LogP contribution is 2.29. The van der Waals surface area contributed by atoms with Gasteiger partial charge in [-0.05, 0) is 51.4 Å². The topological polar surface area (TPSA) is 75.7 Å². The van der Waals surface area contributed by atoms with Crippen molar-refractivity contribution >= 4 is 17.6 Å². The third kappa shape index (κ3) is 4.54. The van der Waals surface area contributed by atoms with Crippen LogP contribution in [-0.2, 0) is 25.3 Å². The van der Waals surface area contributed by atoms with Gasteiger partial charge in [-0.1, -0.05) is 11.1 Å². The maximum atomic E-state index is 10.9. The molecule has 6 heteroatoms. The van der Waals surface area contributed by atoms with Crippen molar-refractivity contribution in [2.75, 3.05) is 0 Å². The summed E-state index contributed by atoms with van der Waals surface area (Å²) >= 11 is -1.94. The van der Waals surface area contributed by atoms with Crippen LogP contribution < -0.4 is 0 Å². The first kappa shape index (κ1) is 14.9. The molecule has 2 rings (SSSR count). The van der Waals surface area contributed by atoms with Crippen LogP contribution >= 0.6 is 0 Å². The number of hydrogen-bond acceptors (Lipinski definition) is 5. The third-order valence-electron chi connectivity index (χ3n) is 4.15. The number of hydrogen-bond donors (Lipinski definition) is 0. The van der Waals surface area contributed by atoms with Gasteiger partial charge in [0.2, 0.25) is 0 Å². The second-order valence-corrected chi connectivity index (χ2v) is 6.61. The zero-order chi connectivity index (χ0) is 13.7. The van der Waals surface area contributed by atoms with E-state index in [0.717, 1.165) is 38.5 Å². The molecule has 5 nitrogen and oxygen atoms in total. The van der Waals surface area contributed by atoms with E-state index in [-0.39, 0.29) is 23.6 Å². The predicted molar refractivity (Wildman–Crippen MR) is 69.2 cm³/mol. The van der Waals surface area contributed by atoms with Crippen LogP contribution in [-0.4, -0.2) is 38.8 Å². The molecule has 0 aromatic carbocycles. The molecule has 0 bridgehead atoms. The van der Waals surface area contributed by atoms with Gasteiger partial charge in [-0.25, -0.2) is 0 Å². The first-order valence-electron chi connectivity index (χ1n) is 7.01. The van der Waals surface area contributed by atoms with Crippen molar-refractivity contribution in [1.29, 1.82) is 0 Å². The summed E-state index contributed by atoms with van der Waals surface area (Å²) in [6.45, 7) is 0.524. The average Bonchev–Trinajstić information content (AvgIpc) is 2.42. The van der Waals surface area contributed by atoms with Crippen LogP contribution in [0.3, 0.4) is 0 Å². The number of carbonyl (C=O) groups excluding carboxylic acids is 1. The second kappa shape index (κ2) is 7.36. The predicted octanol–water partition coefficient (Wildman–Crippen LogP) is 1.68. The van der Waals surface area contributed by atoms with Gasteiger partial charge in [0.05, 0.1) is 12.2 Å². The molecule has 2 aliphatic carbocycles. The SMILES string of the molecule is O=COC1CCC(OC2CCC(S(=O)[O-])CC2)CC1. The minimum absolute atomic E-state index is 0.0518. The van der Waals surface area contributed by atoms with Gasteiger partial charge >= 0.3 is 0 Å². The lowest BCUT2D eigenvalue weighted by molar-refractivity contribution is -0.137. The Bertz CT molecular complexity index is 306. The van der Waals surface area contributed by atoms with Crippen molar-refractivity contribution in [3.8, 4) is 0 Å². The standard InChI is InChI=1S/C13H22O5S/c14-9-17-10-1-3-11(4-2-10)18-12-5-7-13(8-6-12)19(15)16/h9-13H,1-8H2,(H,15,16)/p-1. The van der Waals surface area contributed by atoms with Gasteiger partial charge in [-0.2, -0.15) is 0 Å². The first-order valence-corrected chi connectivity index (χ1v) is 8.15. The van der Waals surface area contributed by atoms with E-state index in [4.69, 9.17) is 9.47 Å². The van der Waals surface area contributed by atoms with Crippen molar-refractivity contribution in [1.82, 2.24) is 0 Å². The summed E-state index contributed by atoms with van der Waals surface area (Å²) in [6.07, 6.45) is 7.17. The lowest BCUT2D eigenvalue weighted by atomic mass is 9.93. The molecule has 19 heavy (non-hydrogen) atoms. The highest BCUT2D eigenvalue weighted by molar-refractivity contribution is 7.79. The molecule has 2 saturated carbocycles. The van der Waals surface area contributed by atoms with Gasteiger partial charge in [0, 0.05) is 5.25 Å². The molecular weight excluding hydrogens is 268 g/mol. The molecule has 0 spiro atoms. The molecule has 0 N–H and O–H groups in total. The van der Waals surface area contributed by atoms with E-state index < -0.39 is 11.1 Å². The summed E-state index contributed by atoms with van der Waals surface area (Å²) in [5.74, 6) is 0. The molecular formula is C13H21O5S-.